The highest BCUT2D eigenvalue weighted by Crippen LogP contribution is 2.24. The fourth-order valence-corrected chi connectivity index (χ4v) is 3.37. The first-order valence-corrected chi connectivity index (χ1v) is 8.80. The average Bonchev–Trinajstić information content (AvgIpc) is 2.65. The number of piperidine rings is 1. The molecule has 0 aliphatic carbocycles. The number of halogens is 1. The molecule has 2 aromatic carbocycles. The molecule has 4 nitrogen and oxygen atoms in total. The number of carbonyl (C=O) groups excluding carboxylic acids is 1. The third kappa shape index (κ3) is 4.33. The molecule has 25 heavy (non-hydrogen) atoms. The SMILES string of the molecule is COc1ccc(C(=O)N2CC[C@H](O)[C@H](Cc3ccc(Cl)cc3)C2)cc1. The Morgan fingerprint density at radius 2 is 1.88 bits per heavy atom. The first-order valence-electron chi connectivity index (χ1n) is 8.42. The fraction of sp³-hybridized carbons (Fsp3) is 0.350. The highest BCUT2D eigenvalue weighted by Gasteiger charge is 2.30. The van der Waals surface area contributed by atoms with Crippen LogP contribution < -0.4 is 4.74 Å². The Bertz CT molecular complexity index is 715. The van der Waals surface area contributed by atoms with Gasteiger partial charge in [0, 0.05) is 29.6 Å². The predicted molar refractivity (Wildman–Crippen MR) is 98.2 cm³/mol. The molecule has 1 aliphatic heterocycles. The Morgan fingerprint density at radius 1 is 1.20 bits per heavy atom. The summed E-state index contributed by atoms with van der Waals surface area (Å²) in [4.78, 5) is 14.6. The van der Waals surface area contributed by atoms with E-state index in [4.69, 9.17) is 16.3 Å². The number of methoxy groups -OCH3 is 1. The van der Waals surface area contributed by atoms with E-state index in [1.165, 1.54) is 0 Å². The highest BCUT2D eigenvalue weighted by atomic mass is 35.5. The van der Waals surface area contributed by atoms with Gasteiger partial charge in [-0.1, -0.05) is 23.7 Å². The maximum atomic E-state index is 12.7. The highest BCUT2D eigenvalue weighted by molar-refractivity contribution is 6.30. The van der Waals surface area contributed by atoms with Crippen molar-refractivity contribution in [3.8, 4) is 5.75 Å². The lowest BCUT2D eigenvalue weighted by atomic mass is 9.88. The van der Waals surface area contributed by atoms with Crippen LogP contribution in [0.2, 0.25) is 5.02 Å². The van der Waals surface area contributed by atoms with Gasteiger partial charge in [0.05, 0.1) is 13.2 Å². The van der Waals surface area contributed by atoms with Gasteiger partial charge in [-0.05, 0) is 54.8 Å². The summed E-state index contributed by atoms with van der Waals surface area (Å²) in [6.07, 6.45) is 0.931. The minimum atomic E-state index is -0.393. The fourth-order valence-electron chi connectivity index (χ4n) is 3.24. The number of ether oxygens (including phenoxy) is 1. The zero-order chi connectivity index (χ0) is 17.8. The Hall–Kier alpha value is -2.04. The van der Waals surface area contributed by atoms with E-state index in [1.54, 1.807) is 31.4 Å². The number of nitrogens with zero attached hydrogens (tertiary/aromatic N) is 1. The topological polar surface area (TPSA) is 49.8 Å². The zero-order valence-corrected chi connectivity index (χ0v) is 14.9. The second kappa shape index (κ2) is 7.89. The van der Waals surface area contributed by atoms with E-state index in [-0.39, 0.29) is 11.8 Å². The van der Waals surface area contributed by atoms with Crippen LogP contribution in [0.5, 0.6) is 5.75 Å². The maximum Gasteiger partial charge on any atom is 0.253 e. The van der Waals surface area contributed by atoms with Gasteiger partial charge in [0.15, 0.2) is 0 Å². The minimum Gasteiger partial charge on any atom is -0.497 e. The Kier molecular flexibility index (Phi) is 5.61. The van der Waals surface area contributed by atoms with Crippen LogP contribution in [0.4, 0.5) is 0 Å². The van der Waals surface area contributed by atoms with Crippen LogP contribution in [0.25, 0.3) is 0 Å². The van der Waals surface area contributed by atoms with Gasteiger partial charge in [0.1, 0.15) is 5.75 Å². The predicted octanol–water partition coefficient (Wildman–Crippen LogP) is 3.41. The summed E-state index contributed by atoms with van der Waals surface area (Å²) in [7, 11) is 1.60. The molecule has 1 amide bonds. The van der Waals surface area contributed by atoms with Gasteiger partial charge in [-0.2, -0.15) is 0 Å². The summed E-state index contributed by atoms with van der Waals surface area (Å²) >= 11 is 5.93. The smallest absolute Gasteiger partial charge is 0.253 e. The van der Waals surface area contributed by atoms with Gasteiger partial charge in [0.25, 0.3) is 5.91 Å². The van der Waals surface area contributed by atoms with Crippen LogP contribution in [-0.2, 0) is 6.42 Å². The number of hydrogen-bond donors (Lipinski definition) is 1. The molecule has 2 atom stereocenters. The quantitative estimate of drug-likeness (QED) is 0.910. The van der Waals surface area contributed by atoms with Crippen molar-refractivity contribution in [2.75, 3.05) is 20.2 Å². The molecule has 0 bridgehead atoms. The molecule has 0 spiro atoms. The molecular weight excluding hydrogens is 338 g/mol. The Morgan fingerprint density at radius 3 is 2.52 bits per heavy atom. The van der Waals surface area contributed by atoms with Gasteiger partial charge in [-0.25, -0.2) is 0 Å². The van der Waals surface area contributed by atoms with E-state index in [0.717, 1.165) is 17.7 Å². The normalized spacial score (nSPS) is 20.4. The number of amides is 1. The lowest BCUT2D eigenvalue weighted by molar-refractivity contribution is 0.0241. The third-order valence-corrected chi connectivity index (χ3v) is 4.98. The van der Waals surface area contributed by atoms with Crippen molar-refractivity contribution in [3.05, 3.63) is 64.7 Å². The summed E-state index contributed by atoms with van der Waals surface area (Å²) in [5.41, 5.74) is 1.76. The number of hydrogen-bond acceptors (Lipinski definition) is 3. The van der Waals surface area contributed by atoms with Crippen LogP contribution in [0.3, 0.4) is 0 Å². The van der Waals surface area contributed by atoms with Crippen molar-refractivity contribution in [1.29, 1.82) is 0 Å². The monoisotopic (exact) mass is 359 g/mol. The molecule has 132 valence electrons. The van der Waals surface area contributed by atoms with Crippen molar-refractivity contribution in [2.45, 2.75) is 18.9 Å². The van der Waals surface area contributed by atoms with E-state index in [2.05, 4.69) is 0 Å². The number of benzene rings is 2. The summed E-state index contributed by atoms with van der Waals surface area (Å²) in [5, 5.41) is 11.0. The third-order valence-electron chi connectivity index (χ3n) is 4.73. The number of likely N-dealkylation sites (tertiary alicyclic amines) is 1. The molecule has 1 saturated heterocycles. The first kappa shape index (κ1) is 17.8. The van der Waals surface area contributed by atoms with Crippen molar-refractivity contribution in [1.82, 2.24) is 4.90 Å². The minimum absolute atomic E-state index is 0.00402. The average molecular weight is 360 g/mol. The molecule has 5 heteroatoms. The second-order valence-corrected chi connectivity index (χ2v) is 6.86. The number of rotatable bonds is 4. The largest absolute Gasteiger partial charge is 0.497 e. The molecule has 0 aromatic heterocycles. The number of aliphatic hydroxyl groups excluding tert-OH is 1. The van der Waals surface area contributed by atoms with Crippen molar-refractivity contribution < 1.29 is 14.6 Å². The zero-order valence-electron chi connectivity index (χ0n) is 14.2. The molecule has 0 unspecified atom stereocenters. The molecule has 0 radical (unpaired) electrons. The van der Waals surface area contributed by atoms with Gasteiger partial charge in [-0.15, -0.1) is 0 Å². The second-order valence-electron chi connectivity index (χ2n) is 6.43. The van der Waals surface area contributed by atoms with Gasteiger partial charge < -0.3 is 14.7 Å². The Labute approximate surface area is 153 Å². The summed E-state index contributed by atoms with van der Waals surface area (Å²) < 4.78 is 5.13. The van der Waals surface area contributed by atoms with Crippen molar-refractivity contribution >= 4 is 17.5 Å². The van der Waals surface area contributed by atoms with Gasteiger partial charge in [0.2, 0.25) is 0 Å². The van der Waals surface area contributed by atoms with E-state index >= 15 is 0 Å². The molecule has 2 aromatic rings. The number of aliphatic hydroxyl groups is 1. The molecule has 0 saturated carbocycles. The van der Waals surface area contributed by atoms with Crippen molar-refractivity contribution in [3.63, 3.8) is 0 Å². The lowest BCUT2D eigenvalue weighted by Crippen LogP contribution is -2.46. The van der Waals surface area contributed by atoms with E-state index in [1.807, 2.05) is 29.2 Å². The molecule has 1 heterocycles. The van der Waals surface area contributed by atoms with Crippen LogP contribution in [0.15, 0.2) is 48.5 Å². The summed E-state index contributed by atoms with van der Waals surface area (Å²) in [5.74, 6) is 0.749. The van der Waals surface area contributed by atoms with Crippen LogP contribution in [0, 0.1) is 5.92 Å². The van der Waals surface area contributed by atoms with Crippen LogP contribution >= 0.6 is 11.6 Å². The van der Waals surface area contributed by atoms with E-state index in [0.29, 0.717) is 30.1 Å². The first-order chi connectivity index (χ1) is 12.1. The van der Waals surface area contributed by atoms with Gasteiger partial charge in [-0.3, -0.25) is 4.79 Å². The summed E-state index contributed by atoms with van der Waals surface area (Å²) in [6, 6.07) is 14.8. The van der Waals surface area contributed by atoms with Crippen LogP contribution in [-0.4, -0.2) is 42.2 Å². The van der Waals surface area contributed by atoms with E-state index < -0.39 is 6.10 Å². The van der Waals surface area contributed by atoms with Gasteiger partial charge >= 0.3 is 0 Å². The lowest BCUT2D eigenvalue weighted by Gasteiger charge is -2.36. The number of carbonyl (C=O) groups is 1. The summed E-state index contributed by atoms with van der Waals surface area (Å²) in [6.45, 7) is 1.12. The molecular formula is C20H22ClNO3. The molecule has 1 fully saturated rings. The molecule has 1 N–H and O–H groups in total. The molecule has 1 aliphatic rings. The molecule has 3 rings (SSSR count). The van der Waals surface area contributed by atoms with Crippen molar-refractivity contribution in [2.24, 2.45) is 5.92 Å². The maximum absolute atomic E-state index is 12.7. The standard InChI is InChI=1S/C20H22ClNO3/c1-25-18-8-4-15(5-9-18)20(24)22-11-10-19(23)16(13-22)12-14-2-6-17(21)7-3-14/h2-9,16,19,23H,10-13H2,1H3/t16-,19+/m1/s1. The van der Waals surface area contributed by atoms with E-state index in [9.17, 15) is 9.90 Å². The Balaban J connectivity index is 1.68. The van der Waals surface area contributed by atoms with Crippen LogP contribution in [0.1, 0.15) is 22.3 Å².